The predicted molar refractivity (Wildman–Crippen MR) is 72.1 cm³/mol. The molecule has 0 fully saturated rings. The Kier molecular flexibility index (Phi) is 5.98. The van der Waals surface area contributed by atoms with E-state index in [1.807, 2.05) is 6.07 Å². The Morgan fingerprint density at radius 1 is 1.29 bits per heavy atom. The van der Waals surface area contributed by atoms with Gasteiger partial charge in [-0.3, -0.25) is 4.98 Å². The van der Waals surface area contributed by atoms with Crippen LogP contribution in [0.1, 0.15) is 39.2 Å². The van der Waals surface area contributed by atoms with Crippen LogP contribution in [0.3, 0.4) is 0 Å². The third-order valence-corrected chi connectivity index (χ3v) is 3.40. The Morgan fingerprint density at radius 3 is 2.53 bits per heavy atom. The highest BCUT2D eigenvalue weighted by atomic mass is 16.3. The van der Waals surface area contributed by atoms with Crippen LogP contribution in [0, 0.1) is 5.92 Å². The van der Waals surface area contributed by atoms with E-state index in [0.717, 1.165) is 30.3 Å². The summed E-state index contributed by atoms with van der Waals surface area (Å²) in [6, 6.07) is 2.00. The van der Waals surface area contributed by atoms with E-state index in [-0.39, 0.29) is 6.61 Å². The van der Waals surface area contributed by atoms with Gasteiger partial charge in [0.1, 0.15) is 0 Å². The number of hydrogen-bond acceptors (Lipinski definition) is 3. The van der Waals surface area contributed by atoms with Gasteiger partial charge in [-0.2, -0.15) is 0 Å². The van der Waals surface area contributed by atoms with E-state index in [9.17, 15) is 5.11 Å². The smallest absolute Gasteiger partial charge is 0.0717 e. The third kappa shape index (κ3) is 3.70. The first-order valence-corrected chi connectivity index (χ1v) is 6.55. The SMILES string of the molecule is CCC(CC)CN(CC)c1ccncc1CO. The van der Waals surface area contributed by atoms with Crippen molar-refractivity contribution in [1.29, 1.82) is 0 Å². The summed E-state index contributed by atoms with van der Waals surface area (Å²) in [5, 5.41) is 9.34. The molecule has 1 heterocycles. The maximum Gasteiger partial charge on any atom is 0.0717 e. The summed E-state index contributed by atoms with van der Waals surface area (Å²) < 4.78 is 0. The molecule has 0 aromatic carbocycles. The van der Waals surface area contributed by atoms with Crippen molar-refractivity contribution in [3.63, 3.8) is 0 Å². The second-order valence-electron chi connectivity index (χ2n) is 4.38. The summed E-state index contributed by atoms with van der Waals surface area (Å²) in [6.45, 7) is 8.71. The van der Waals surface area contributed by atoms with Gasteiger partial charge in [-0.25, -0.2) is 0 Å². The molecule has 3 heteroatoms. The van der Waals surface area contributed by atoms with Crippen molar-refractivity contribution in [3.8, 4) is 0 Å². The first-order chi connectivity index (χ1) is 8.26. The molecule has 17 heavy (non-hydrogen) atoms. The fraction of sp³-hybridized carbons (Fsp3) is 0.643. The van der Waals surface area contributed by atoms with Crippen LogP contribution in [0.5, 0.6) is 0 Å². The largest absolute Gasteiger partial charge is 0.392 e. The van der Waals surface area contributed by atoms with Crippen LogP contribution in [-0.4, -0.2) is 23.2 Å². The summed E-state index contributed by atoms with van der Waals surface area (Å²) >= 11 is 0. The molecule has 0 aliphatic rings. The molecule has 0 amide bonds. The van der Waals surface area contributed by atoms with Gasteiger partial charge in [-0.1, -0.05) is 26.7 Å². The summed E-state index contributed by atoms with van der Waals surface area (Å²) in [4.78, 5) is 6.40. The maximum atomic E-state index is 9.34. The molecule has 1 rings (SSSR count). The molecule has 96 valence electrons. The molecule has 3 nitrogen and oxygen atoms in total. The number of aliphatic hydroxyl groups excluding tert-OH is 1. The van der Waals surface area contributed by atoms with Crippen LogP contribution in [0.25, 0.3) is 0 Å². The van der Waals surface area contributed by atoms with E-state index < -0.39 is 0 Å². The van der Waals surface area contributed by atoms with Gasteiger partial charge in [0.05, 0.1) is 6.61 Å². The van der Waals surface area contributed by atoms with E-state index >= 15 is 0 Å². The molecule has 0 unspecified atom stereocenters. The predicted octanol–water partition coefficient (Wildman–Crippen LogP) is 2.84. The number of aromatic nitrogens is 1. The number of rotatable bonds is 7. The number of aliphatic hydroxyl groups is 1. The van der Waals surface area contributed by atoms with Gasteiger partial charge in [-0.15, -0.1) is 0 Å². The Labute approximate surface area is 104 Å². The van der Waals surface area contributed by atoms with Crippen molar-refractivity contribution in [2.75, 3.05) is 18.0 Å². The van der Waals surface area contributed by atoms with Gasteiger partial charge < -0.3 is 10.0 Å². The molecule has 1 N–H and O–H groups in total. The first kappa shape index (κ1) is 14.0. The molecule has 1 aromatic rings. The van der Waals surface area contributed by atoms with Gasteiger partial charge in [0, 0.05) is 36.7 Å². The Hall–Kier alpha value is -1.09. The van der Waals surface area contributed by atoms with Gasteiger partial charge >= 0.3 is 0 Å². The van der Waals surface area contributed by atoms with Crippen molar-refractivity contribution in [3.05, 3.63) is 24.0 Å². The number of anilines is 1. The highest BCUT2D eigenvalue weighted by Gasteiger charge is 2.13. The van der Waals surface area contributed by atoms with Crippen LogP contribution < -0.4 is 4.90 Å². The summed E-state index contributed by atoms with van der Waals surface area (Å²) in [5.41, 5.74) is 2.04. The summed E-state index contributed by atoms with van der Waals surface area (Å²) in [6.07, 6.45) is 5.95. The third-order valence-electron chi connectivity index (χ3n) is 3.40. The maximum absolute atomic E-state index is 9.34. The monoisotopic (exact) mass is 236 g/mol. The zero-order chi connectivity index (χ0) is 12.7. The van der Waals surface area contributed by atoms with Crippen molar-refractivity contribution in [1.82, 2.24) is 4.98 Å². The van der Waals surface area contributed by atoms with Crippen LogP contribution in [-0.2, 0) is 6.61 Å². The molecular formula is C14H24N2O. The average Bonchev–Trinajstić information content (AvgIpc) is 2.40. The normalized spacial score (nSPS) is 10.9. The molecule has 0 saturated carbocycles. The molecule has 0 saturated heterocycles. The Balaban J connectivity index is 2.85. The molecule has 0 aliphatic heterocycles. The zero-order valence-corrected chi connectivity index (χ0v) is 11.2. The van der Waals surface area contributed by atoms with Crippen molar-refractivity contribution < 1.29 is 5.11 Å². The molecule has 0 spiro atoms. The molecule has 0 radical (unpaired) electrons. The standard InChI is InChI=1S/C14H24N2O/c1-4-12(5-2)10-16(6-3)14-7-8-15-9-13(14)11-17/h7-9,12,17H,4-6,10-11H2,1-3H3. The molecule has 0 aliphatic carbocycles. The van der Waals surface area contributed by atoms with Crippen LogP contribution in [0.15, 0.2) is 18.5 Å². The lowest BCUT2D eigenvalue weighted by molar-refractivity contribution is 0.281. The van der Waals surface area contributed by atoms with E-state index in [0.29, 0.717) is 0 Å². The Bertz CT molecular complexity index is 324. The second kappa shape index (κ2) is 7.28. The average molecular weight is 236 g/mol. The minimum Gasteiger partial charge on any atom is -0.392 e. The number of hydrogen-bond donors (Lipinski definition) is 1. The topological polar surface area (TPSA) is 36.4 Å². The van der Waals surface area contributed by atoms with Crippen molar-refractivity contribution in [2.24, 2.45) is 5.92 Å². The van der Waals surface area contributed by atoms with Gasteiger partial charge in [0.25, 0.3) is 0 Å². The fourth-order valence-electron chi connectivity index (χ4n) is 2.11. The quantitative estimate of drug-likeness (QED) is 0.791. The van der Waals surface area contributed by atoms with Crippen LogP contribution >= 0.6 is 0 Å². The lowest BCUT2D eigenvalue weighted by Crippen LogP contribution is -2.29. The van der Waals surface area contributed by atoms with E-state index in [1.54, 1.807) is 12.4 Å². The van der Waals surface area contributed by atoms with Gasteiger partial charge in [0.2, 0.25) is 0 Å². The van der Waals surface area contributed by atoms with Gasteiger partial charge in [0.15, 0.2) is 0 Å². The minimum absolute atomic E-state index is 0.0581. The number of pyridine rings is 1. The second-order valence-corrected chi connectivity index (χ2v) is 4.38. The molecule has 0 bridgehead atoms. The zero-order valence-electron chi connectivity index (χ0n) is 11.2. The highest BCUT2D eigenvalue weighted by molar-refractivity contribution is 5.51. The van der Waals surface area contributed by atoms with E-state index in [2.05, 4.69) is 30.7 Å². The summed E-state index contributed by atoms with van der Waals surface area (Å²) in [5.74, 6) is 0.717. The fourth-order valence-corrected chi connectivity index (χ4v) is 2.11. The lowest BCUT2D eigenvalue weighted by atomic mass is 10.0. The Morgan fingerprint density at radius 2 is 2.00 bits per heavy atom. The number of nitrogens with zero attached hydrogens (tertiary/aromatic N) is 2. The van der Waals surface area contributed by atoms with Crippen LogP contribution in [0.2, 0.25) is 0 Å². The van der Waals surface area contributed by atoms with Gasteiger partial charge in [-0.05, 0) is 18.9 Å². The molecule has 1 aromatic heterocycles. The molecule has 0 atom stereocenters. The van der Waals surface area contributed by atoms with Crippen molar-refractivity contribution >= 4 is 5.69 Å². The first-order valence-electron chi connectivity index (χ1n) is 6.55. The van der Waals surface area contributed by atoms with E-state index in [1.165, 1.54) is 12.8 Å². The molecular weight excluding hydrogens is 212 g/mol. The summed E-state index contributed by atoms with van der Waals surface area (Å²) in [7, 11) is 0. The minimum atomic E-state index is 0.0581. The van der Waals surface area contributed by atoms with Crippen LogP contribution in [0.4, 0.5) is 5.69 Å². The lowest BCUT2D eigenvalue weighted by Gasteiger charge is -2.28. The highest BCUT2D eigenvalue weighted by Crippen LogP contribution is 2.22. The van der Waals surface area contributed by atoms with Crippen molar-refractivity contribution in [2.45, 2.75) is 40.2 Å². The van der Waals surface area contributed by atoms with E-state index in [4.69, 9.17) is 0 Å².